The minimum absolute atomic E-state index is 0.0843. The Morgan fingerprint density at radius 3 is 2.24 bits per heavy atom. The molecule has 0 aromatic heterocycles. The maximum atomic E-state index is 10.2. The molecule has 0 amide bonds. The fraction of sp³-hybridized carbons (Fsp3) is 0.368. The van der Waals surface area contributed by atoms with Gasteiger partial charge in [-0.1, -0.05) is 12.1 Å². The van der Waals surface area contributed by atoms with Crippen molar-refractivity contribution in [1.82, 2.24) is 0 Å². The predicted octanol–water partition coefficient (Wildman–Crippen LogP) is 0.859. The van der Waals surface area contributed by atoms with E-state index >= 15 is 0 Å². The fourth-order valence-corrected chi connectivity index (χ4v) is 2.70. The van der Waals surface area contributed by atoms with Gasteiger partial charge in [-0.15, -0.1) is 0 Å². The van der Waals surface area contributed by atoms with Gasteiger partial charge in [-0.25, -0.2) is 0 Å². The molecule has 0 bridgehead atoms. The summed E-state index contributed by atoms with van der Waals surface area (Å²) in [6, 6.07) is 10.3. The topological polar surface area (TPSA) is 110 Å². The zero-order chi connectivity index (χ0) is 18.4. The molecule has 5 N–H and O–H groups in total. The highest BCUT2D eigenvalue weighted by atomic mass is 16.5. The summed E-state index contributed by atoms with van der Waals surface area (Å²) in [5.74, 6) is 0.670. The summed E-state index contributed by atoms with van der Waals surface area (Å²) in [4.78, 5) is 0. The van der Waals surface area contributed by atoms with Gasteiger partial charge in [-0.3, -0.25) is 0 Å². The second-order valence-electron chi connectivity index (χ2n) is 5.96. The molecule has 0 aliphatic carbocycles. The summed E-state index contributed by atoms with van der Waals surface area (Å²) in [6.45, 7) is -0.685. The summed E-state index contributed by atoms with van der Waals surface area (Å²) in [5, 5.41) is 47.5. The molecule has 6 heteroatoms. The summed E-state index contributed by atoms with van der Waals surface area (Å²) < 4.78 is 5.29. The third kappa shape index (κ3) is 4.93. The number of benzene rings is 2. The molecule has 0 fully saturated rings. The van der Waals surface area contributed by atoms with Crippen LogP contribution in [0.5, 0.6) is 11.5 Å². The van der Waals surface area contributed by atoms with Crippen LogP contribution in [0.4, 0.5) is 0 Å². The number of methoxy groups -OCH3 is 1. The smallest absolute Gasteiger partial charge is 0.123 e. The quantitative estimate of drug-likeness (QED) is 0.484. The van der Waals surface area contributed by atoms with Gasteiger partial charge < -0.3 is 30.3 Å². The molecule has 136 valence electrons. The van der Waals surface area contributed by atoms with Gasteiger partial charge in [0.25, 0.3) is 0 Å². The molecule has 0 heterocycles. The Kier molecular flexibility index (Phi) is 6.78. The van der Waals surface area contributed by atoms with Gasteiger partial charge in [-0.2, -0.15) is 0 Å². The van der Waals surface area contributed by atoms with E-state index < -0.39 is 12.2 Å². The first kappa shape index (κ1) is 19.2. The van der Waals surface area contributed by atoms with Crippen molar-refractivity contribution >= 4 is 0 Å². The molecule has 0 saturated heterocycles. The Balaban J connectivity index is 2.40. The molecule has 0 aliphatic rings. The number of phenolic OH excluding ortho intramolecular Hbond substituents is 1. The maximum absolute atomic E-state index is 10.2. The molecule has 6 nitrogen and oxygen atoms in total. The predicted molar refractivity (Wildman–Crippen MR) is 93.7 cm³/mol. The van der Waals surface area contributed by atoms with E-state index in [1.165, 1.54) is 7.11 Å². The minimum Gasteiger partial charge on any atom is -0.507 e. The Bertz CT molecular complexity index is 700. The summed E-state index contributed by atoms with van der Waals surface area (Å²) >= 11 is 0. The van der Waals surface area contributed by atoms with Crippen molar-refractivity contribution in [2.24, 2.45) is 0 Å². The highest BCUT2D eigenvalue weighted by molar-refractivity contribution is 5.72. The van der Waals surface area contributed by atoms with Crippen molar-refractivity contribution in [2.45, 2.75) is 25.0 Å². The monoisotopic (exact) mass is 348 g/mol. The average molecular weight is 348 g/mol. The van der Waals surface area contributed by atoms with Crippen LogP contribution in [-0.4, -0.2) is 58.1 Å². The Morgan fingerprint density at radius 1 is 0.920 bits per heavy atom. The van der Waals surface area contributed by atoms with E-state index in [1.54, 1.807) is 36.4 Å². The Morgan fingerprint density at radius 2 is 1.60 bits per heavy atom. The van der Waals surface area contributed by atoms with Crippen molar-refractivity contribution in [2.75, 3.05) is 20.3 Å². The van der Waals surface area contributed by atoms with Crippen LogP contribution in [0.25, 0.3) is 11.1 Å². The van der Waals surface area contributed by atoms with Gasteiger partial charge in [0.05, 0.1) is 32.5 Å². The third-order valence-electron chi connectivity index (χ3n) is 4.00. The number of rotatable bonds is 8. The van der Waals surface area contributed by atoms with E-state index in [-0.39, 0.29) is 31.8 Å². The maximum Gasteiger partial charge on any atom is 0.123 e. The van der Waals surface area contributed by atoms with Crippen LogP contribution in [0.2, 0.25) is 0 Å². The molecule has 2 aromatic carbocycles. The summed E-state index contributed by atoms with van der Waals surface area (Å²) in [5.41, 5.74) is 2.78. The molecule has 0 saturated carbocycles. The summed E-state index contributed by atoms with van der Waals surface area (Å²) in [6.07, 6.45) is -1.26. The summed E-state index contributed by atoms with van der Waals surface area (Å²) in [7, 11) is 1.53. The van der Waals surface area contributed by atoms with E-state index in [1.807, 2.05) is 0 Å². The molecule has 0 radical (unpaired) electrons. The van der Waals surface area contributed by atoms with Crippen LogP contribution in [0.3, 0.4) is 0 Å². The Hall–Kier alpha value is -2.12. The number of phenols is 1. The molecule has 0 spiro atoms. The van der Waals surface area contributed by atoms with Crippen LogP contribution in [0, 0.1) is 0 Å². The first-order chi connectivity index (χ1) is 12.0. The molecule has 0 unspecified atom stereocenters. The van der Waals surface area contributed by atoms with Crippen molar-refractivity contribution in [3.05, 3.63) is 47.5 Å². The van der Waals surface area contributed by atoms with Gasteiger partial charge in [0.2, 0.25) is 0 Å². The first-order valence-electron chi connectivity index (χ1n) is 8.05. The fourth-order valence-electron chi connectivity index (χ4n) is 2.70. The standard InChI is InChI=1S/C19H24O6/c1-25-19-5-3-13(8-14(19)9-16(23)11-21)17-7-12(2-4-18(17)24)6-15(22)10-20/h2-5,7-8,15-16,20-24H,6,9-11H2,1H3/t15-,16-/m1/s1. The number of hydrogen-bond acceptors (Lipinski definition) is 6. The lowest BCUT2D eigenvalue weighted by molar-refractivity contribution is 0.0950. The first-order valence-corrected chi connectivity index (χ1v) is 8.05. The number of ether oxygens (including phenoxy) is 1. The van der Waals surface area contributed by atoms with Gasteiger partial charge in [0.1, 0.15) is 11.5 Å². The second-order valence-corrected chi connectivity index (χ2v) is 5.96. The number of aliphatic hydroxyl groups excluding tert-OH is 4. The zero-order valence-corrected chi connectivity index (χ0v) is 14.1. The zero-order valence-electron chi connectivity index (χ0n) is 14.1. The molecule has 2 rings (SSSR count). The van der Waals surface area contributed by atoms with E-state index in [0.717, 1.165) is 11.1 Å². The lowest BCUT2D eigenvalue weighted by Crippen LogP contribution is -2.15. The van der Waals surface area contributed by atoms with Gasteiger partial charge in [0.15, 0.2) is 0 Å². The normalized spacial score (nSPS) is 13.5. The van der Waals surface area contributed by atoms with E-state index in [4.69, 9.17) is 14.9 Å². The van der Waals surface area contributed by atoms with Crippen LogP contribution in [0.1, 0.15) is 11.1 Å². The largest absolute Gasteiger partial charge is 0.507 e. The van der Waals surface area contributed by atoms with Gasteiger partial charge >= 0.3 is 0 Å². The lowest BCUT2D eigenvalue weighted by Gasteiger charge is -2.15. The lowest BCUT2D eigenvalue weighted by atomic mass is 9.96. The number of hydrogen-bond donors (Lipinski definition) is 5. The molecule has 2 aromatic rings. The number of aliphatic hydroxyl groups is 4. The van der Waals surface area contributed by atoms with Gasteiger partial charge in [0, 0.05) is 18.4 Å². The van der Waals surface area contributed by atoms with Crippen LogP contribution < -0.4 is 4.74 Å². The van der Waals surface area contributed by atoms with Crippen LogP contribution in [0.15, 0.2) is 36.4 Å². The molecule has 0 aliphatic heterocycles. The second kappa shape index (κ2) is 8.82. The van der Waals surface area contributed by atoms with E-state index in [9.17, 15) is 15.3 Å². The molecule has 2 atom stereocenters. The average Bonchev–Trinajstić information content (AvgIpc) is 2.63. The van der Waals surface area contributed by atoms with Gasteiger partial charge in [-0.05, 0) is 41.0 Å². The number of aromatic hydroxyl groups is 1. The molecular formula is C19H24O6. The highest BCUT2D eigenvalue weighted by Gasteiger charge is 2.14. The van der Waals surface area contributed by atoms with Crippen molar-refractivity contribution in [3.63, 3.8) is 0 Å². The van der Waals surface area contributed by atoms with Crippen LogP contribution in [-0.2, 0) is 12.8 Å². The minimum atomic E-state index is -0.899. The Labute approximate surface area is 146 Å². The van der Waals surface area contributed by atoms with Crippen molar-refractivity contribution in [3.8, 4) is 22.6 Å². The third-order valence-corrected chi connectivity index (χ3v) is 4.00. The van der Waals surface area contributed by atoms with E-state index in [2.05, 4.69) is 0 Å². The van der Waals surface area contributed by atoms with Crippen molar-refractivity contribution in [1.29, 1.82) is 0 Å². The SMILES string of the molecule is COc1ccc(-c2cc(C[C@@H](O)CO)ccc2O)cc1C[C@@H](O)CO. The molecule has 25 heavy (non-hydrogen) atoms. The van der Waals surface area contributed by atoms with E-state index in [0.29, 0.717) is 16.9 Å². The highest BCUT2D eigenvalue weighted by Crippen LogP contribution is 2.33. The van der Waals surface area contributed by atoms with Crippen molar-refractivity contribution < 1.29 is 30.3 Å². The van der Waals surface area contributed by atoms with Crippen LogP contribution >= 0.6 is 0 Å². The molecular weight excluding hydrogens is 324 g/mol.